The van der Waals surface area contributed by atoms with E-state index in [1.807, 2.05) is 0 Å². The molecular formula is C14H21NO. The van der Waals surface area contributed by atoms with E-state index in [-0.39, 0.29) is 6.10 Å². The Balaban J connectivity index is 2.02. The van der Waals surface area contributed by atoms with Crippen molar-refractivity contribution in [2.45, 2.75) is 63.5 Å². The molecule has 1 saturated carbocycles. The van der Waals surface area contributed by atoms with Crippen molar-refractivity contribution < 1.29 is 5.11 Å². The lowest BCUT2D eigenvalue weighted by Gasteiger charge is -2.31. The van der Waals surface area contributed by atoms with Gasteiger partial charge in [0.25, 0.3) is 0 Å². The number of aliphatic hydroxyl groups excluding tert-OH is 1. The molecule has 1 unspecified atom stereocenters. The fourth-order valence-electron chi connectivity index (χ4n) is 3.55. The maximum atomic E-state index is 9.99. The molecule has 0 saturated heterocycles. The van der Waals surface area contributed by atoms with Gasteiger partial charge in [-0.3, -0.25) is 0 Å². The highest BCUT2D eigenvalue weighted by Crippen LogP contribution is 2.40. The number of fused-ring (bicyclic) bond motifs is 1. The molecule has 0 radical (unpaired) electrons. The minimum atomic E-state index is -0.213. The van der Waals surface area contributed by atoms with Crippen LogP contribution >= 0.6 is 0 Å². The van der Waals surface area contributed by atoms with Crippen molar-refractivity contribution in [3.8, 4) is 0 Å². The second-order valence-corrected chi connectivity index (χ2v) is 5.70. The summed E-state index contributed by atoms with van der Waals surface area (Å²) < 4.78 is 2.47. The zero-order valence-electron chi connectivity index (χ0n) is 10.1. The SMILES string of the molecule is CC1(n2ccc3c2CCCC3O)CCCC1. The van der Waals surface area contributed by atoms with Crippen LogP contribution in [-0.4, -0.2) is 9.67 Å². The predicted octanol–water partition coefficient (Wildman–Crippen LogP) is 3.15. The van der Waals surface area contributed by atoms with Crippen LogP contribution in [0.1, 0.15) is 62.8 Å². The Labute approximate surface area is 97.3 Å². The molecule has 1 N–H and O–H groups in total. The zero-order chi connectivity index (χ0) is 11.2. The van der Waals surface area contributed by atoms with Crippen molar-refractivity contribution >= 4 is 0 Å². The summed E-state index contributed by atoms with van der Waals surface area (Å²) in [5.41, 5.74) is 2.92. The van der Waals surface area contributed by atoms with Crippen LogP contribution in [0, 0.1) is 0 Å². The van der Waals surface area contributed by atoms with Gasteiger partial charge in [-0.05, 0) is 45.1 Å². The second kappa shape index (κ2) is 3.63. The number of nitrogens with zero attached hydrogens (tertiary/aromatic N) is 1. The molecule has 3 rings (SSSR count). The summed E-state index contributed by atoms with van der Waals surface area (Å²) in [7, 11) is 0. The van der Waals surface area contributed by atoms with Crippen LogP contribution in [-0.2, 0) is 12.0 Å². The Morgan fingerprint density at radius 1 is 1.31 bits per heavy atom. The molecular weight excluding hydrogens is 198 g/mol. The van der Waals surface area contributed by atoms with Gasteiger partial charge in [0.15, 0.2) is 0 Å². The summed E-state index contributed by atoms with van der Waals surface area (Å²) in [6.45, 7) is 2.38. The number of hydrogen-bond acceptors (Lipinski definition) is 1. The van der Waals surface area contributed by atoms with Crippen LogP contribution in [0.5, 0.6) is 0 Å². The summed E-state index contributed by atoms with van der Waals surface area (Å²) in [6.07, 6.45) is 10.5. The average Bonchev–Trinajstić information content (AvgIpc) is 2.85. The smallest absolute Gasteiger partial charge is 0.0807 e. The summed E-state index contributed by atoms with van der Waals surface area (Å²) in [4.78, 5) is 0. The molecule has 16 heavy (non-hydrogen) atoms. The first-order valence-corrected chi connectivity index (χ1v) is 6.59. The van der Waals surface area contributed by atoms with E-state index in [0.29, 0.717) is 5.54 Å². The molecule has 1 atom stereocenters. The van der Waals surface area contributed by atoms with Crippen LogP contribution in [0.15, 0.2) is 12.3 Å². The third-order valence-electron chi connectivity index (χ3n) is 4.54. The molecule has 0 aromatic carbocycles. The van der Waals surface area contributed by atoms with Crippen molar-refractivity contribution in [2.24, 2.45) is 0 Å². The lowest BCUT2D eigenvalue weighted by molar-refractivity contribution is 0.154. The van der Waals surface area contributed by atoms with E-state index in [1.54, 1.807) is 0 Å². The first-order chi connectivity index (χ1) is 7.71. The topological polar surface area (TPSA) is 25.2 Å². The normalized spacial score (nSPS) is 28.0. The number of aromatic nitrogens is 1. The molecule has 0 spiro atoms. The minimum absolute atomic E-state index is 0.213. The van der Waals surface area contributed by atoms with Crippen molar-refractivity contribution in [2.75, 3.05) is 0 Å². The molecule has 2 aliphatic rings. The molecule has 1 fully saturated rings. The Morgan fingerprint density at radius 3 is 2.81 bits per heavy atom. The minimum Gasteiger partial charge on any atom is -0.388 e. The molecule has 2 heteroatoms. The van der Waals surface area contributed by atoms with Gasteiger partial charge in [-0.1, -0.05) is 12.8 Å². The number of hydrogen-bond donors (Lipinski definition) is 1. The summed E-state index contributed by atoms with van der Waals surface area (Å²) in [6, 6.07) is 2.14. The number of rotatable bonds is 1. The fraction of sp³-hybridized carbons (Fsp3) is 0.714. The van der Waals surface area contributed by atoms with Gasteiger partial charge >= 0.3 is 0 Å². The maximum absolute atomic E-state index is 9.99. The van der Waals surface area contributed by atoms with E-state index < -0.39 is 0 Å². The Kier molecular flexibility index (Phi) is 2.36. The van der Waals surface area contributed by atoms with Crippen LogP contribution < -0.4 is 0 Å². The molecule has 2 nitrogen and oxygen atoms in total. The third kappa shape index (κ3) is 1.43. The van der Waals surface area contributed by atoms with Gasteiger partial charge in [0, 0.05) is 23.0 Å². The summed E-state index contributed by atoms with van der Waals surface area (Å²) >= 11 is 0. The molecule has 1 heterocycles. The molecule has 0 amide bonds. The van der Waals surface area contributed by atoms with Crippen molar-refractivity contribution in [1.29, 1.82) is 0 Å². The van der Waals surface area contributed by atoms with E-state index in [2.05, 4.69) is 23.8 Å². The molecule has 0 bridgehead atoms. The van der Waals surface area contributed by atoms with E-state index in [0.717, 1.165) is 19.3 Å². The van der Waals surface area contributed by atoms with Gasteiger partial charge in [-0.2, -0.15) is 0 Å². The summed E-state index contributed by atoms with van der Waals surface area (Å²) in [5, 5.41) is 9.99. The van der Waals surface area contributed by atoms with Gasteiger partial charge in [0.05, 0.1) is 6.10 Å². The highest BCUT2D eigenvalue weighted by atomic mass is 16.3. The third-order valence-corrected chi connectivity index (χ3v) is 4.54. The van der Waals surface area contributed by atoms with Crippen molar-refractivity contribution in [3.63, 3.8) is 0 Å². The van der Waals surface area contributed by atoms with E-state index in [4.69, 9.17) is 0 Å². The van der Waals surface area contributed by atoms with Crippen LogP contribution in [0.2, 0.25) is 0 Å². The van der Waals surface area contributed by atoms with E-state index >= 15 is 0 Å². The Morgan fingerprint density at radius 2 is 2.06 bits per heavy atom. The second-order valence-electron chi connectivity index (χ2n) is 5.70. The molecule has 88 valence electrons. The largest absolute Gasteiger partial charge is 0.388 e. The fourth-order valence-corrected chi connectivity index (χ4v) is 3.55. The first-order valence-electron chi connectivity index (χ1n) is 6.59. The van der Waals surface area contributed by atoms with E-state index in [1.165, 1.54) is 36.9 Å². The van der Waals surface area contributed by atoms with E-state index in [9.17, 15) is 5.11 Å². The average molecular weight is 219 g/mol. The highest BCUT2D eigenvalue weighted by Gasteiger charge is 2.33. The monoisotopic (exact) mass is 219 g/mol. The van der Waals surface area contributed by atoms with Crippen molar-refractivity contribution in [3.05, 3.63) is 23.5 Å². The van der Waals surface area contributed by atoms with Crippen LogP contribution in [0.3, 0.4) is 0 Å². The van der Waals surface area contributed by atoms with Gasteiger partial charge in [-0.25, -0.2) is 0 Å². The van der Waals surface area contributed by atoms with Gasteiger partial charge in [0.2, 0.25) is 0 Å². The standard InChI is InChI=1S/C14H21NO/c1-14(8-2-3-9-14)15-10-7-11-12(15)5-4-6-13(11)16/h7,10,13,16H,2-6,8-9H2,1H3. The lowest BCUT2D eigenvalue weighted by Crippen LogP contribution is -2.28. The quantitative estimate of drug-likeness (QED) is 0.771. The van der Waals surface area contributed by atoms with Gasteiger partial charge < -0.3 is 9.67 Å². The summed E-state index contributed by atoms with van der Waals surface area (Å²) in [5.74, 6) is 0. The number of aliphatic hydroxyl groups is 1. The zero-order valence-corrected chi connectivity index (χ0v) is 10.1. The highest BCUT2D eigenvalue weighted by molar-refractivity contribution is 5.29. The van der Waals surface area contributed by atoms with Crippen molar-refractivity contribution in [1.82, 2.24) is 4.57 Å². The molecule has 1 aromatic rings. The first kappa shape index (κ1) is 10.4. The lowest BCUT2D eigenvalue weighted by atomic mass is 9.93. The Hall–Kier alpha value is -0.760. The van der Waals surface area contributed by atoms with Crippen LogP contribution in [0.25, 0.3) is 0 Å². The predicted molar refractivity (Wildman–Crippen MR) is 64.4 cm³/mol. The van der Waals surface area contributed by atoms with Crippen LogP contribution in [0.4, 0.5) is 0 Å². The molecule has 0 aliphatic heterocycles. The maximum Gasteiger partial charge on any atom is 0.0807 e. The molecule has 2 aliphatic carbocycles. The molecule has 1 aromatic heterocycles. The Bertz CT molecular complexity index is 387. The van der Waals surface area contributed by atoms with Gasteiger partial charge in [-0.15, -0.1) is 0 Å². The van der Waals surface area contributed by atoms with Gasteiger partial charge in [0.1, 0.15) is 0 Å².